The molecule has 1 aliphatic rings. The highest BCUT2D eigenvalue weighted by atomic mass is 16.4. The lowest BCUT2D eigenvalue weighted by Gasteiger charge is -2.11. The number of carboxylic acids is 1. The zero-order valence-electron chi connectivity index (χ0n) is 8.84. The van der Waals surface area contributed by atoms with E-state index in [-0.39, 0.29) is 0 Å². The summed E-state index contributed by atoms with van der Waals surface area (Å²) >= 11 is 0. The fourth-order valence-corrected chi connectivity index (χ4v) is 1.53. The van der Waals surface area contributed by atoms with E-state index in [0.29, 0.717) is 0 Å². The Morgan fingerprint density at radius 3 is 2.46 bits per heavy atom. The highest BCUT2D eigenvalue weighted by molar-refractivity contribution is 5.62. The molecule has 0 aromatic carbocycles. The van der Waals surface area contributed by atoms with Crippen LogP contribution in [0.25, 0.3) is 0 Å². The van der Waals surface area contributed by atoms with Gasteiger partial charge >= 0.3 is 0 Å². The molecule has 0 aliphatic carbocycles. The van der Waals surface area contributed by atoms with Gasteiger partial charge in [0, 0.05) is 13.0 Å². The Labute approximate surface area is 80.5 Å². The minimum Gasteiger partial charge on any atom is -0.481 e. The van der Waals surface area contributed by atoms with Crippen LogP contribution < -0.4 is 5.32 Å². The molecular formula is C10H21NO2. The maximum Gasteiger partial charge on any atom is 0.300 e. The van der Waals surface area contributed by atoms with E-state index in [1.54, 1.807) is 0 Å². The van der Waals surface area contributed by atoms with Gasteiger partial charge in [-0.2, -0.15) is 0 Å². The van der Waals surface area contributed by atoms with E-state index in [4.69, 9.17) is 9.90 Å². The molecule has 3 heteroatoms. The van der Waals surface area contributed by atoms with Crippen molar-refractivity contribution in [3.05, 3.63) is 0 Å². The first-order chi connectivity index (χ1) is 6.02. The second-order valence-electron chi connectivity index (χ2n) is 3.94. The number of hydrogen-bond donors (Lipinski definition) is 2. The van der Waals surface area contributed by atoms with Crippen LogP contribution in [-0.4, -0.2) is 23.7 Å². The van der Waals surface area contributed by atoms with E-state index in [1.807, 2.05) is 0 Å². The normalized spacial score (nSPS) is 21.1. The third kappa shape index (κ3) is 9.34. The van der Waals surface area contributed by atoms with Crippen LogP contribution in [0.4, 0.5) is 0 Å². The van der Waals surface area contributed by atoms with Crippen molar-refractivity contribution < 1.29 is 9.90 Å². The van der Waals surface area contributed by atoms with Gasteiger partial charge in [-0.25, -0.2) is 0 Å². The predicted octanol–water partition coefficient (Wildman–Crippen LogP) is 1.88. The molecule has 0 spiro atoms. The number of carboxylic acid groups (broad SMARTS) is 1. The summed E-state index contributed by atoms with van der Waals surface area (Å²) in [7, 11) is 0. The highest BCUT2D eigenvalue weighted by Crippen LogP contribution is 2.13. The molecule has 1 unspecified atom stereocenters. The third-order valence-electron chi connectivity index (χ3n) is 1.92. The summed E-state index contributed by atoms with van der Waals surface area (Å²) in [4.78, 5) is 9.00. The van der Waals surface area contributed by atoms with E-state index in [0.717, 1.165) is 18.9 Å². The molecule has 0 bridgehead atoms. The molecule has 1 aliphatic heterocycles. The van der Waals surface area contributed by atoms with Gasteiger partial charge in [0.2, 0.25) is 0 Å². The fraction of sp³-hybridized carbons (Fsp3) is 0.900. The third-order valence-corrected chi connectivity index (χ3v) is 1.92. The Morgan fingerprint density at radius 1 is 1.62 bits per heavy atom. The SMILES string of the molecule is CC(=O)O.CC(C)CC1CCCN1. The van der Waals surface area contributed by atoms with Gasteiger partial charge < -0.3 is 10.4 Å². The minimum atomic E-state index is -0.833. The maximum absolute atomic E-state index is 9.00. The van der Waals surface area contributed by atoms with Crippen LogP contribution in [0, 0.1) is 5.92 Å². The summed E-state index contributed by atoms with van der Waals surface area (Å²) in [5.74, 6) is 0.0283. The smallest absolute Gasteiger partial charge is 0.300 e. The topological polar surface area (TPSA) is 49.3 Å². The average Bonchev–Trinajstić information content (AvgIpc) is 2.36. The van der Waals surface area contributed by atoms with Gasteiger partial charge in [0.15, 0.2) is 0 Å². The summed E-state index contributed by atoms with van der Waals surface area (Å²) < 4.78 is 0. The summed E-state index contributed by atoms with van der Waals surface area (Å²) in [5.41, 5.74) is 0. The van der Waals surface area contributed by atoms with Crippen molar-refractivity contribution >= 4 is 5.97 Å². The average molecular weight is 187 g/mol. The molecule has 0 amide bonds. The van der Waals surface area contributed by atoms with Gasteiger partial charge in [-0.05, 0) is 31.7 Å². The monoisotopic (exact) mass is 187 g/mol. The van der Waals surface area contributed by atoms with Crippen molar-refractivity contribution in [2.75, 3.05) is 6.54 Å². The van der Waals surface area contributed by atoms with Crippen LogP contribution in [0.5, 0.6) is 0 Å². The predicted molar refractivity (Wildman–Crippen MR) is 53.8 cm³/mol. The van der Waals surface area contributed by atoms with Gasteiger partial charge in [0.05, 0.1) is 0 Å². The number of nitrogens with one attached hydrogen (secondary N) is 1. The molecular weight excluding hydrogens is 166 g/mol. The molecule has 2 N–H and O–H groups in total. The lowest BCUT2D eigenvalue weighted by atomic mass is 10.0. The fourth-order valence-electron chi connectivity index (χ4n) is 1.53. The molecule has 13 heavy (non-hydrogen) atoms. The zero-order valence-corrected chi connectivity index (χ0v) is 8.84. The number of carbonyl (C=O) groups is 1. The van der Waals surface area contributed by atoms with Crippen LogP contribution in [0.2, 0.25) is 0 Å². The Bertz CT molecular complexity index is 136. The first-order valence-corrected chi connectivity index (χ1v) is 4.95. The van der Waals surface area contributed by atoms with Crippen LogP contribution >= 0.6 is 0 Å². The van der Waals surface area contributed by atoms with E-state index < -0.39 is 5.97 Å². The Hall–Kier alpha value is -0.570. The molecule has 1 atom stereocenters. The van der Waals surface area contributed by atoms with E-state index in [9.17, 15) is 0 Å². The molecule has 1 fully saturated rings. The molecule has 1 heterocycles. The second kappa shape index (κ2) is 6.89. The summed E-state index contributed by atoms with van der Waals surface area (Å²) in [6.45, 7) is 6.91. The van der Waals surface area contributed by atoms with Crippen molar-refractivity contribution in [3.8, 4) is 0 Å². The lowest BCUT2D eigenvalue weighted by Crippen LogP contribution is -2.22. The minimum absolute atomic E-state index is 0.833. The second-order valence-corrected chi connectivity index (χ2v) is 3.94. The van der Waals surface area contributed by atoms with Crippen molar-refractivity contribution in [3.63, 3.8) is 0 Å². The van der Waals surface area contributed by atoms with Gasteiger partial charge in [0.25, 0.3) is 5.97 Å². The standard InChI is InChI=1S/C8H17N.C2H4O2/c1-7(2)6-8-4-3-5-9-8;1-2(3)4/h7-9H,3-6H2,1-2H3;1H3,(H,3,4). The van der Waals surface area contributed by atoms with Crippen molar-refractivity contribution in [1.29, 1.82) is 0 Å². The van der Waals surface area contributed by atoms with Crippen LogP contribution in [0.15, 0.2) is 0 Å². The summed E-state index contributed by atoms with van der Waals surface area (Å²) in [5, 5.41) is 10.9. The van der Waals surface area contributed by atoms with Crippen LogP contribution in [0.3, 0.4) is 0 Å². The lowest BCUT2D eigenvalue weighted by molar-refractivity contribution is -0.134. The molecule has 0 aromatic rings. The zero-order chi connectivity index (χ0) is 10.3. The van der Waals surface area contributed by atoms with E-state index in [2.05, 4.69) is 19.2 Å². The Morgan fingerprint density at radius 2 is 2.15 bits per heavy atom. The van der Waals surface area contributed by atoms with Crippen molar-refractivity contribution in [2.45, 2.75) is 46.1 Å². The molecule has 0 radical (unpaired) electrons. The first kappa shape index (κ1) is 12.4. The molecule has 0 saturated carbocycles. The number of rotatable bonds is 2. The summed E-state index contributed by atoms with van der Waals surface area (Å²) in [6, 6.07) is 0.838. The molecule has 78 valence electrons. The molecule has 1 saturated heterocycles. The Kier molecular flexibility index (Phi) is 6.59. The highest BCUT2D eigenvalue weighted by Gasteiger charge is 2.14. The van der Waals surface area contributed by atoms with Crippen molar-refractivity contribution in [2.24, 2.45) is 5.92 Å². The summed E-state index contributed by atoms with van der Waals surface area (Å²) in [6.07, 6.45) is 4.15. The van der Waals surface area contributed by atoms with Gasteiger partial charge in [0.1, 0.15) is 0 Å². The van der Waals surface area contributed by atoms with E-state index >= 15 is 0 Å². The first-order valence-electron chi connectivity index (χ1n) is 4.95. The van der Waals surface area contributed by atoms with Gasteiger partial charge in [-0.1, -0.05) is 13.8 Å². The number of aliphatic carboxylic acids is 1. The van der Waals surface area contributed by atoms with Crippen molar-refractivity contribution in [1.82, 2.24) is 5.32 Å². The quantitative estimate of drug-likeness (QED) is 0.694. The number of hydrogen-bond acceptors (Lipinski definition) is 2. The van der Waals surface area contributed by atoms with Crippen LogP contribution in [-0.2, 0) is 4.79 Å². The molecule has 3 nitrogen and oxygen atoms in total. The van der Waals surface area contributed by atoms with Gasteiger partial charge in [-0.3, -0.25) is 4.79 Å². The largest absolute Gasteiger partial charge is 0.481 e. The Balaban J connectivity index is 0.000000310. The van der Waals surface area contributed by atoms with E-state index in [1.165, 1.54) is 25.8 Å². The van der Waals surface area contributed by atoms with Crippen LogP contribution in [0.1, 0.15) is 40.0 Å². The molecule has 0 aromatic heterocycles. The van der Waals surface area contributed by atoms with Gasteiger partial charge in [-0.15, -0.1) is 0 Å². The molecule has 1 rings (SSSR count). The maximum atomic E-state index is 9.00.